The van der Waals surface area contributed by atoms with E-state index < -0.39 is 28.4 Å². The van der Waals surface area contributed by atoms with Gasteiger partial charge in [0.2, 0.25) is 0 Å². The summed E-state index contributed by atoms with van der Waals surface area (Å²) in [6, 6.07) is 20.4. The van der Waals surface area contributed by atoms with Crippen molar-refractivity contribution in [3.05, 3.63) is 94.5 Å². The molecular formula is C22H18BrN3O5S. The van der Waals surface area contributed by atoms with Crippen LogP contribution in [-0.2, 0) is 14.8 Å². The van der Waals surface area contributed by atoms with E-state index in [0.29, 0.717) is 11.3 Å². The van der Waals surface area contributed by atoms with E-state index in [4.69, 9.17) is 0 Å². The number of aromatic carboxylic acids is 1. The predicted octanol–water partition coefficient (Wildman–Crippen LogP) is 3.49. The van der Waals surface area contributed by atoms with E-state index in [1.807, 2.05) is 0 Å². The van der Waals surface area contributed by atoms with Gasteiger partial charge in [0.1, 0.15) is 6.54 Å². The highest BCUT2D eigenvalue weighted by atomic mass is 79.9. The molecule has 1 amide bonds. The average molecular weight is 516 g/mol. The molecule has 0 atom stereocenters. The molecule has 0 aliphatic carbocycles. The summed E-state index contributed by atoms with van der Waals surface area (Å²) in [5, 5.41) is 13.0. The third kappa shape index (κ3) is 5.59. The summed E-state index contributed by atoms with van der Waals surface area (Å²) in [5.41, 5.74) is 2.87. The molecule has 32 heavy (non-hydrogen) atoms. The number of nitrogens with zero attached hydrogens (tertiary/aromatic N) is 2. The number of carboxylic acids is 1. The van der Waals surface area contributed by atoms with Crippen LogP contribution in [0.3, 0.4) is 0 Å². The number of carboxylic acid groups (broad SMARTS) is 1. The molecule has 3 rings (SSSR count). The lowest BCUT2D eigenvalue weighted by Gasteiger charge is -2.23. The molecule has 0 spiro atoms. The van der Waals surface area contributed by atoms with E-state index in [-0.39, 0.29) is 10.5 Å². The molecule has 0 fully saturated rings. The molecule has 0 bridgehead atoms. The SMILES string of the molecule is O=C(CN(c1ccc(Br)cc1)S(=O)(=O)c1ccccc1)N/N=C\c1ccccc1C(=O)O. The van der Waals surface area contributed by atoms with Crippen molar-refractivity contribution in [3.63, 3.8) is 0 Å². The second kappa shape index (κ2) is 10.2. The zero-order valence-corrected chi connectivity index (χ0v) is 19.0. The summed E-state index contributed by atoms with van der Waals surface area (Å²) in [6.07, 6.45) is 1.19. The lowest BCUT2D eigenvalue weighted by molar-refractivity contribution is -0.119. The van der Waals surface area contributed by atoms with Crippen molar-refractivity contribution in [2.45, 2.75) is 4.90 Å². The number of nitrogens with one attached hydrogen (secondary N) is 1. The van der Waals surface area contributed by atoms with E-state index in [9.17, 15) is 23.1 Å². The summed E-state index contributed by atoms with van der Waals surface area (Å²) in [6.45, 7) is -0.531. The van der Waals surface area contributed by atoms with Gasteiger partial charge >= 0.3 is 5.97 Å². The topological polar surface area (TPSA) is 116 Å². The highest BCUT2D eigenvalue weighted by molar-refractivity contribution is 9.10. The first kappa shape index (κ1) is 23.2. The summed E-state index contributed by atoms with van der Waals surface area (Å²) >= 11 is 3.30. The zero-order chi connectivity index (χ0) is 23.1. The maximum Gasteiger partial charge on any atom is 0.336 e. The second-order valence-electron chi connectivity index (χ2n) is 6.49. The maximum atomic E-state index is 13.2. The molecular weight excluding hydrogens is 498 g/mol. The van der Waals surface area contributed by atoms with Crippen molar-refractivity contribution in [2.75, 3.05) is 10.8 Å². The summed E-state index contributed by atoms with van der Waals surface area (Å²) in [4.78, 5) is 23.8. The Bertz CT molecular complexity index is 1250. The van der Waals surface area contributed by atoms with Gasteiger partial charge in [-0.05, 0) is 42.5 Å². The van der Waals surface area contributed by atoms with E-state index in [0.717, 1.165) is 8.78 Å². The van der Waals surface area contributed by atoms with Gasteiger partial charge in [0.25, 0.3) is 15.9 Å². The molecule has 0 unspecified atom stereocenters. The fraction of sp³-hybridized carbons (Fsp3) is 0.0455. The Morgan fingerprint density at radius 2 is 1.59 bits per heavy atom. The van der Waals surface area contributed by atoms with Gasteiger partial charge in [0.05, 0.1) is 22.4 Å². The number of halogens is 1. The van der Waals surface area contributed by atoms with Crippen LogP contribution in [0.2, 0.25) is 0 Å². The molecule has 2 N–H and O–H groups in total. The van der Waals surface area contributed by atoms with Crippen LogP contribution in [0.25, 0.3) is 0 Å². The minimum absolute atomic E-state index is 0.0219. The molecule has 0 heterocycles. The van der Waals surface area contributed by atoms with Crippen molar-refractivity contribution < 1.29 is 23.1 Å². The second-order valence-corrected chi connectivity index (χ2v) is 9.26. The fourth-order valence-electron chi connectivity index (χ4n) is 2.79. The molecule has 3 aromatic rings. The van der Waals surface area contributed by atoms with Crippen molar-refractivity contribution >= 4 is 49.7 Å². The predicted molar refractivity (Wildman–Crippen MR) is 124 cm³/mol. The number of carbonyl (C=O) groups excluding carboxylic acids is 1. The van der Waals surface area contributed by atoms with Gasteiger partial charge in [-0.3, -0.25) is 9.10 Å². The third-order valence-electron chi connectivity index (χ3n) is 4.32. The Hall–Kier alpha value is -3.50. The van der Waals surface area contributed by atoms with Crippen LogP contribution in [-0.4, -0.2) is 38.2 Å². The third-order valence-corrected chi connectivity index (χ3v) is 6.63. The van der Waals surface area contributed by atoms with E-state index >= 15 is 0 Å². The first-order valence-corrected chi connectivity index (χ1v) is 11.5. The molecule has 0 aliphatic rings. The Labute approximate surface area is 193 Å². The average Bonchev–Trinajstić information content (AvgIpc) is 2.79. The quantitative estimate of drug-likeness (QED) is 0.351. The lowest BCUT2D eigenvalue weighted by Crippen LogP contribution is -2.39. The lowest BCUT2D eigenvalue weighted by atomic mass is 10.1. The molecule has 0 aliphatic heterocycles. The summed E-state index contributed by atoms with van der Waals surface area (Å²) in [7, 11) is -4.03. The summed E-state index contributed by atoms with van der Waals surface area (Å²) in [5.74, 6) is -1.83. The molecule has 10 heteroatoms. The number of anilines is 1. The minimum atomic E-state index is -4.03. The number of sulfonamides is 1. The number of hydrogen-bond acceptors (Lipinski definition) is 5. The maximum absolute atomic E-state index is 13.2. The van der Waals surface area contributed by atoms with Crippen LogP contribution in [0.1, 0.15) is 15.9 Å². The van der Waals surface area contributed by atoms with Crippen molar-refractivity contribution in [1.29, 1.82) is 0 Å². The zero-order valence-electron chi connectivity index (χ0n) is 16.6. The Kier molecular flexibility index (Phi) is 7.39. The Balaban J connectivity index is 1.83. The van der Waals surface area contributed by atoms with Crippen molar-refractivity contribution in [2.24, 2.45) is 5.10 Å². The van der Waals surface area contributed by atoms with E-state index in [1.165, 1.54) is 30.5 Å². The molecule has 164 valence electrons. The number of amides is 1. The fourth-order valence-corrected chi connectivity index (χ4v) is 4.49. The highest BCUT2D eigenvalue weighted by Crippen LogP contribution is 2.25. The number of carbonyl (C=O) groups is 2. The molecule has 0 saturated carbocycles. The largest absolute Gasteiger partial charge is 0.478 e. The van der Waals surface area contributed by atoms with Gasteiger partial charge in [-0.25, -0.2) is 18.6 Å². The van der Waals surface area contributed by atoms with Gasteiger partial charge in [-0.2, -0.15) is 5.10 Å². The Morgan fingerprint density at radius 1 is 0.969 bits per heavy atom. The van der Waals surface area contributed by atoms with Crippen molar-refractivity contribution in [1.82, 2.24) is 5.43 Å². The standard InChI is InChI=1S/C22H18BrN3O5S/c23-17-10-12-18(13-11-17)26(32(30,31)19-7-2-1-3-8-19)15-21(27)25-24-14-16-6-4-5-9-20(16)22(28)29/h1-14H,15H2,(H,25,27)(H,28,29)/b24-14-. The van der Waals surface area contributed by atoms with Gasteiger partial charge in [0, 0.05) is 10.0 Å². The number of hydrazone groups is 1. The first-order chi connectivity index (χ1) is 15.3. The van der Waals surface area contributed by atoms with Crippen molar-refractivity contribution in [3.8, 4) is 0 Å². The normalized spacial score (nSPS) is 11.3. The smallest absolute Gasteiger partial charge is 0.336 e. The molecule has 0 saturated heterocycles. The van der Waals surface area contributed by atoms with Crippen LogP contribution in [0.4, 0.5) is 5.69 Å². The van der Waals surface area contributed by atoms with E-state index in [1.54, 1.807) is 54.6 Å². The molecule has 3 aromatic carbocycles. The number of hydrogen-bond donors (Lipinski definition) is 2. The first-order valence-electron chi connectivity index (χ1n) is 9.26. The highest BCUT2D eigenvalue weighted by Gasteiger charge is 2.27. The van der Waals surface area contributed by atoms with Crippen LogP contribution in [0.15, 0.2) is 93.3 Å². The molecule has 0 aromatic heterocycles. The van der Waals surface area contributed by atoms with E-state index in [2.05, 4.69) is 26.5 Å². The minimum Gasteiger partial charge on any atom is -0.478 e. The monoisotopic (exact) mass is 515 g/mol. The number of benzene rings is 3. The van der Waals surface area contributed by atoms with Crippen LogP contribution < -0.4 is 9.73 Å². The van der Waals surface area contributed by atoms with Crippen LogP contribution >= 0.6 is 15.9 Å². The Morgan fingerprint density at radius 3 is 2.25 bits per heavy atom. The van der Waals surface area contributed by atoms with Crippen LogP contribution in [0.5, 0.6) is 0 Å². The molecule has 8 nitrogen and oxygen atoms in total. The van der Waals surface area contributed by atoms with Gasteiger partial charge < -0.3 is 5.11 Å². The van der Waals surface area contributed by atoms with Gasteiger partial charge in [-0.15, -0.1) is 0 Å². The number of rotatable bonds is 8. The molecule has 0 radical (unpaired) electrons. The van der Waals surface area contributed by atoms with Gasteiger partial charge in [0.15, 0.2) is 0 Å². The van der Waals surface area contributed by atoms with Gasteiger partial charge in [-0.1, -0.05) is 52.3 Å². The van der Waals surface area contributed by atoms with Crippen LogP contribution in [0, 0.1) is 0 Å². The summed E-state index contributed by atoms with van der Waals surface area (Å²) < 4.78 is 28.1.